The maximum atomic E-state index is 12.9. The summed E-state index contributed by atoms with van der Waals surface area (Å²) in [6.07, 6.45) is 1.06. The van der Waals surface area contributed by atoms with Crippen molar-refractivity contribution in [1.29, 1.82) is 0 Å². The fourth-order valence-corrected chi connectivity index (χ4v) is 1.73. The van der Waals surface area contributed by atoms with Gasteiger partial charge in [0.25, 0.3) is 0 Å². The van der Waals surface area contributed by atoms with E-state index in [-0.39, 0.29) is 0 Å². The molecule has 2 rings (SSSR count). The number of carbonyl (C=O) groups excluding carboxylic acids is 1. The van der Waals surface area contributed by atoms with Gasteiger partial charge < -0.3 is 11.1 Å². The molecule has 0 saturated carbocycles. The molecule has 98 valence electrons. The molecule has 1 heterocycles. The van der Waals surface area contributed by atoms with E-state index in [1.54, 1.807) is 6.92 Å². The highest BCUT2D eigenvalue weighted by atomic mass is 19.1. The van der Waals surface area contributed by atoms with Gasteiger partial charge in [-0.3, -0.25) is 9.78 Å². The fraction of sp³-hybridized carbons (Fsp3) is 0.143. The Labute approximate surface area is 110 Å². The van der Waals surface area contributed by atoms with Gasteiger partial charge in [0.2, 0.25) is 5.91 Å². The van der Waals surface area contributed by atoms with Gasteiger partial charge in [-0.2, -0.15) is 0 Å². The number of anilines is 1. The van der Waals surface area contributed by atoms with Gasteiger partial charge in [0, 0.05) is 5.69 Å². The van der Waals surface area contributed by atoms with Gasteiger partial charge >= 0.3 is 0 Å². The summed E-state index contributed by atoms with van der Waals surface area (Å²) in [5.41, 5.74) is 5.35. The maximum absolute atomic E-state index is 12.9. The molecule has 0 bridgehead atoms. The Morgan fingerprint density at radius 1 is 1.26 bits per heavy atom. The fourth-order valence-electron chi connectivity index (χ4n) is 1.73. The summed E-state index contributed by atoms with van der Waals surface area (Å²) in [5, 5.41) is 3.03. The third-order valence-corrected chi connectivity index (χ3v) is 2.90. The van der Waals surface area contributed by atoms with Crippen LogP contribution < -0.4 is 11.1 Å². The summed E-state index contributed by atoms with van der Waals surface area (Å²) >= 11 is 0. The van der Waals surface area contributed by atoms with Crippen molar-refractivity contribution in [2.75, 3.05) is 5.32 Å². The van der Waals surface area contributed by atoms with Crippen molar-refractivity contribution in [1.82, 2.24) is 4.98 Å². The van der Waals surface area contributed by atoms with E-state index in [9.17, 15) is 9.18 Å². The van der Waals surface area contributed by atoms with Crippen molar-refractivity contribution in [2.45, 2.75) is 12.5 Å². The highest BCUT2D eigenvalue weighted by Crippen LogP contribution is 2.24. The van der Waals surface area contributed by atoms with Crippen LogP contribution in [0.25, 0.3) is 0 Å². The van der Waals surface area contributed by atoms with Crippen LogP contribution in [0.4, 0.5) is 10.1 Å². The summed E-state index contributed by atoms with van der Waals surface area (Å²) in [7, 11) is 0. The monoisotopic (exact) mass is 259 g/mol. The number of hydrogen-bond acceptors (Lipinski definition) is 3. The van der Waals surface area contributed by atoms with Crippen molar-refractivity contribution in [3.05, 3.63) is 60.2 Å². The van der Waals surface area contributed by atoms with Crippen molar-refractivity contribution in [2.24, 2.45) is 5.73 Å². The molecule has 0 fully saturated rings. The molecule has 1 amide bonds. The van der Waals surface area contributed by atoms with Crippen molar-refractivity contribution >= 4 is 11.6 Å². The quantitative estimate of drug-likeness (QED) is 0.882. The molecule has 0 radical (unpaired) electrons. The van der Waals surface area contributed by atoms with Crippen molar-refractivity contribution < 1.29 is 9.18 Å². The van der Waals surface area contributed by atoms with E-state index in [1.807, 2.05) is 30.3 Å². The second-order valence-electron chi connectivity index (χ2n) is 4.34. The Morgan fingerprint density at radius 3 is 2.47 bits per heavy atom. The largest absolute Gasteiger partial charge is 0.367 e. The average molecular weight is 259 g/mol. The Balaban J connectivity index is 2.38. The van der Waals surface area contributed by atoms with Gasteiger partial charge in [-0.1, -0.05) is 18.2 Å². The van der Waals surface area contributed by atoms with Crippen LogP contribution in [-0.4, -0.2) is 10.9 Å². The number of pyridine rings is 1. The minimum absolute atomic E-state index is 0.366. The lowest BCUT2D eigenvalue weighted by atomic mass is 9.95. The number of rotatable bonds is 4. The lowest BCUT2D eigenvalue weighted by Gasteiger charge is -2.28. The minimum atomic E-state index is -1.20. The van der Waals surface area contributed by atoms with E-state index in [0.717, 1.165) is 11.9 Å². The first-order chi connectivity index (χ1) is 9.02. The van der Waals surface area contributed by atoms with Gasteiger partial charge in [0.1, 0.15) is 5.82 Å². The van der Waals surface area contributed by atoms with Crippen LogP contribution in [0, 0.1) is 5.82 Å². The molecule has 0 spiro atoms. The smallest absolute Gasteiger partial charge is 0.249 e. The number of nitrogens with two attached hydrogens (primary N) is 1. The molecule has 0 saturated heterocycles. The predicted molar refractivity (Wildman–Crippen MR) is 70.8 cm³/mol. The number of primary amides is 1. The molecular weight excluding hydrogens is 245 g/mol. The van der Waals surface area contributed by atoms with Crippen LogP contribution in [0.15, 0.2) is 48.7 Å². The Morgan fingerprint density at radius 2 is 1.95 bits per heavy atom. The SMILES string of the molecule is CC(Nc1ccccc1)(C(N)=O)c1ccc(F)cn1. The molecule has 1 aromatic carbocycles. The normalized spacial score (nSPS) is 13.6. The first kappa shape index (κ1) is 13.0. The molecule has 2 aromatic rings. The first-order valence-corrected chi connectivity index (χ1v) is 5.77. The van der Waals surface area contributed by atoms with E-state index >= 15 is 0 Å². The number of halogens is 1. The molecule has 19 heavy (non-hydrogen) atoms. The Kier molecular flexibility index (Phi) is 3.46. The van der Waals surface area contributed by atoms with Crippen LogP contribution in [0.3, 0.4) is 0 Å². The van der Waals surface area contributed by atoms with Crippen LogP contribution >= 0.6 is 0 Å². The summed E-state index contributed by atoms with van der Waals surface area (Å²) in [5.74, 6) is -1.05. The van der Waals surface area contributed by atoms with Gasteiger partial charge in [0.05, 0.1) is 11.9 Å². The predicted octanol–water partition coefficient (Wildman–Crippen LogP) is 2.03. The summed E-state index contributed by atoms with van der Waals surface area (Å²) in [4.78, 5) is 15.7. The number of benzene rings is 1. The number of aromatic nitrogens is 1. The molecule has 1 unspecified atom stereocenters. The van der Waals surface area contributed by atoms with Gasteiger partial charge in [-0.15, -0.1) is 0 Å². The van der Waals surface area contributed by atoms with E-state index in [4.69, 9.17) is 5.73 Å². The van der Waals surface area contributed by atoms with Crippen LogP contribution in [0.5, 0.6) is 0 Å². The highest BCUT2D eigenvalue weighted by Gasteiger charge is 2.34. The number of nitrogens with one attached hydrogen (secondary N) is 1. The molecule has 3 N–H and O–H groups in total. The zero-order chi connectivity index (χ0) is 13.9. The molecule has 1 atom stereocenters. The molecule has 0 aliphatic rings. The number of hydrogen-bond donors (Lipinski definition) is 2. The van der Waals surface area contributed by atoms with E-state index in [1.165, 1.54) is 12.1 Å². The topological polar surface area (TPSA) is 68.0 Å². The Hall–Kier alpha value is -2.43. The second-order valence-corrected chi connectivity index (χ2v) is 4.34. The molecular formula is C14H14FN3O. The van der Waals surface area contributed by atoms with E-state index < -0.39 is 17.3 Å². The molecule has 0 aliphatic carbocycles. The van der Waals surface area contributed by atoms with Crippen molar-refractivity contribution in [3.8, 4) is 0 Å². The zero-order valence-corrected chi connectivity index (χ0v) is 10.4. The number of carbonyl (C=O) groups is 1. The number of nitrogens with zero attached hydrogens (tertiary/aromatic N) is 1. The van der Waals surface area contributed by atoms with E-state index in [0.29, 0.717) is 5.69 Å². The number of para-hydroxylation sites is 1. The summed E-state index contributed by atoms with van der Waals surface area (Å²) < 4.78 is 12.9. The second kappa shape index (κ2) is 5.06. The molecule has 5 heteroatoms. The van der Waals surface area contributed by atoms with E-state index in [2.05, 4.69) is 10.3 Å². The van der Waals surface area contributed by atoms with Crippen LogP contribution in [0.1, 0.15) is 12.6 Å². The average Bonchev–Trinajstić information content (AvgIpc) is 2.40. The molecule has 1 aromatic heterocycles. The summed E-state index contributed by atoms with van der Waals surface area (Å²) in [6.45, 7) is 1.61. The van der Waals surface area contributed by atoms with Gasteiger partial charge in [-0.05, 0) is 31.2 Å². The minimum Gasteiger partial charge on any atom is -0.367 e. The van der Waals surface area contributed by atoms with Crippen LogP contribution in [0.2, 0.25) is 0 Å². The maximum Gasteiger partial charge on any atom is 0.249 e. The first-order valence-electron chi connectivity index (χ1n) is 5.77. The van der Waals surface area contributed by atoms with Crippen molar-refractivity contribution in [3.63, 3.8) is 0 Å². The third kappa shape index (κ3) is 2.70. The van der Waals surface area contributed by atoms with Crippen LogP contribution in [-0.2, 0) is 10.3 Å². The highest BCUT2D eigenvalue weighted by molar-refractivity contribution is 5.88. The third-order valence-electron chi connectivity index (χ3n) is 2.90. The standard InChI is InChI=1S/C14H14FN3O/c1-14(13(16)19,12-8-7-10(15)9-17-12)18-11-5-3-2-4-6-11/h2-9,18H,1H3,(H2,16,19). The summed E-state index contributed by atoms with van der Waals surface area (Å²) in [6, 6.07) is 11.8. The van der Waals surface area contributed by atoms with Gasteiger partial charge in [0.15, 0.2) is 5.54 Å². The molecule has 4 nitrogen and oxygen atoms in total. The Bertz CT molecular complexity index is 571. The lowest BCUT2D eigenvalue weighted by molar-refractivity contribution is -0.122. The van der Waals surface area contributed by atoms with Gasteiger partial charge in [-0.25, -0.2) is 4.39 Å². The molecule has 0 aliphatic heterocycles. The number of amides is 1. The zero-order valence-electron chi connectivity index (χ0n) is 10.4. The lowest BCUT2D eigenvalue weighted by Crippen LogP contribution is -2.45.